The lowest BCUT2D eigenvalue weighted by Crippen LogP contribution is -2.27. The quantitative estimate of drug-likeness (QED) is 0.871. The van der Waals surface area contributed by atoms with E-state index in [4.69, 9.17) is 9.47 Å². The van der Waals surface area contributed by atoms with Crippen molar-refractivity contribution >= 4 is 11.8 Å². The van der Waals surface area contributed by atoms with E-state index < -0.39 is 11.7 Å². The van der Waals surface area contributed by atoms with Crippen molar-refractivity contribution in [2.45, 2.75) is 45.8 Å². The zero-order chi connectivity index (χ0) is 16.7. The second-order valence-electron chi connectivity index (χ2n) is 7.01. The molecule has 5 heteroatoms. The van der Waals surface area contributed by atoms with Gasteiger partial charge in [0.05, 0.1) is 0 Å². The number of ether oxygens (including phenoxy) is 2. The number of carbonyl (C=O) groups is 1. The van der Waals surface area contributed by atoms with Crippen LogP contribution < -0.4 is 10.6 Å². The highest BCUT2D eigenvalue weighted by atomic mass is 16.6. The van der Waals surface area contributed by atoms with Crippen LogP contribution in [0.15, 0.2) is 24.3 Å². The lowest BCUT2D eigenvalue weighted by molar-refractivity contribution is 0.0635. The van der Waals surface area contributed by atoms with Gasteiger partial charge in [0.2, 0.25) is 0 Å². The van der Waals surface area contributed by atoms with Crippen LogP contribution >= 0.6 is 0 Å². The summed E-state index contributed by atoms with van der Waals surface area (Å²) in [5, 5.41) is 6.23. The van der Waals surface area contributed by atoms with Crippen LogP contribution in [-0.4, -0.2) is 31.5 Å². The van der Waals surface area contributed by atoms with Crippen molar-refractivity contribution in [2.75, 3.05) is 25.1 Å². The molecule has 1 aromatic rings. The number of benzene rings is 1. The molecular weight excluding hydrogens is 292 g/mol. The molecule has 5 nitrogen and oxygen atoms in total. The summed E-state index contributed by atoms with van der Waals surface area (Å²) in [4.78, 5) is 11.7. The van der Waals surface area contributed by atoms with Crippen LogP contribution in [0.5, 0.6) is 0 Å². The topological polar surface area (TPSA) is 59.6 Å². The van der Waals surface area contributed by atoms with Crippen LogP contribution in [0.3, 0.4) is 0 Å². The van der Waals surface area contributed by atoms with Gasteiger partial charge in [0.15, 0.2) is 0 Å². The number of hydrogen-bond acceptors (Lipinski definition) is 4. The molecule has 0 bridgehead atoms. The minimum atomic E-state index is -0.488. The van der Waals surface area contributed by atoms with Gasteiger partial charge < -0.3 is 14.8 Å². The number of anilines is 1. The van der Waals surface area contributed by atoms with Gasteiger partial charge in [0.25, 0.3) is 0 Å². The van der Waals surface area contributed by atoms with E-state index >= 15 is 0 Å². The molecule has 1 amide bonds. The highest BCUT2D eigenvalue weighted by molar-refractivity contribution is 5.84. The second-order valence-corrected chi connectivity index (χ2v) is 7.01. The highest BCUT2D eigenvalue weighted by Crippen LogP contribution is 2.15. The van der Waals surface area contributed by atoms with Gasteiger partial charge in [-0.05, 0) is 63.8 Å². The normalized spacial score (nSPS) is 16.1. The van der Waals surface area contributed by atoms with Crippen LogP contribution in [0.25, 0.3) is 0 Å². The molecule has 0 unspecified atom stereocenters. The molecule has 1 fully saturated rings. The van der Waals surface area contributed by atoms with Crippen molar-refractivity contribution in [2.24, 2.45) is 5.92 Å². The molecular formula is C18H28N2O3. The van der Waals surface area contributed by atoms with Crippen LogP contribution in [0.2, 0.25) is 0 Å². The molecule has 0 saturated carbocycles. The fourth-order valence-corrected chi connectivity index (χ4v) is 2.50. The van der Waals surface area contributed by atoms with Crippen LogP contribution in [-0.2, 0) is 16.0 Å². The maximum atomic E-state index is 11.7. The summed E-state index contributed by atoms with van der Waals surface area (Å²) < 4.78 is 10.6. The number of hydrogen-bond donors (Lipinski definition) is 2. The Morgan fingerprint density at radius 2 is 1.87 bits per heavy atom. The standard InChI is InChI=1S/C18H28N2O3/c1-18(2,3)23-17(21)20-16-6-4-14(5-7-16)12-19-13-15-8-10-22-11-9-15/h4-7,15,19H,8-13H2,1-3H3,(H,20,21). The van der Waals surface area contributed by atoms with Crippen LogP contribution in [0.4, 0.5) is 10.5 Å². The summed E-state index contributed by atoms with van der Waals surface area (Å²) in [7, 11) is 0. The molecule has 0 aromatic heterocycles. The van der Waals surface area contributed by atoms with Gasteiger partial charge in [0.1, 0.15) is 5.60 Å². The zero-order valence-corrected chi connectivity index (χ0v) is 14.4. The van der Waals surface area contributed by atoms with Crippen molar-refractivity contribution in [1.29, 1.82) is 0 Å². The third-order valence-corrected chi connectivity index (χ3v) is 3.70. The Hall–Kier alpha value is -1.59. The fourth-order valence-electron chi connectivity index (χ4n) is 2.50. The predicted octanol–water partition coefficient (Wildman–Crippen LogP) is 3.55. The molecule has 0 radical (unpaired) electrons. The van der Waals surface area contributed by atoms with E-state index in [-0.39, 0.29) is 0 Å². The molecule has 1 aromatic carbocycles. The molecule has 23 heavy (non-hydrogen) atoms. The first kappa shape index (κ1) is 17.8. The minimum Gasteiger partial charge on any atom is -0.444 e. The summed E-state index contributed by atoms with van der Waals surface area (Å²) in [6.45, 7) is 9.18. The van der Waals surface area contributed by atoms with E-state index in [0.29, 0.717) is 0 Å². The number of carbonyl (C=O) groups excluding carboxylic acids is 1. The molecule has 1 heterocycles. The van der Waals surface area contributed by atoms with E-state index in [1.165, 1.54) is 5.56 Å². The molecule has 1 aliphatic rings. The minimum absolute atomic E-state index is 0.428. The average Bonchev–Trinajstić information content (AvgIpc) is 2.48. The van der Waals surface area contributed by atoms with Gasteiger partial charge in [-0.2, -0.15) is 0 Å². The summed E-state index contributed by atoms with van der Waals surface area (Å²) in [5.74, 6) is 0.719. The van der Waals surface area contributed by atoms with Crippen LogP contribution in [0.1, 0.15) is 39.2 Å². The first-order valence-corrected chi connectivity index (χ1v) is 8.30. The van der Waals surface area contributed by atoms with Gasteiger partial charge in [0, 0.05) is 25.4 Å². The molecule has 1 aliphatic heterocycles. The fraction of sp³-hybridized carbons (Fsp3) is 0.611. The average molecular weight is 320 g/mol. The van der Waals surface area contributed by atoms with Crippen molar-refractivity contribution < 1.29 is 14.3 Å². The Morgan fingerprint density at radius 1 is 1.22 bits per heavy atom. The van der Waals surface area contributed by atoms with Gasteiger partial charge in [-0.25, -0.2) is 4.79 Å². The summed E-state index contributed by atoms with van der Waals surface area (Å²) in [6, 6.07) is 7.83. The molecule has 0 spiro atoms. The monoisotopic (exact) mass is 320 g/mol. The summed E-state index contributed by atoms with van der Waals surface area (Å²) in [6.07, 6.45) is 1.86. The number of rotatable bonds is 5. The van der Waals surface area contributed by atoms with E-state index in [0.717, 1.165) is 50.8 Å². The Kier molecular flexibility index (Phi) is 6.42. The highest BCUT2D eigenvalue weighted by Gasteiger charge is 2.16. The Bertz CT molecular complexity index is 488. The van der Waals surface area contributed by atoms with Gasteiger partial charge >= 0.3 is 6.09 Å². The van der Waals surface area contributed by atoms with E-state index in [2.05, 4.69) is 10.6 Å². The summed E-state index contributed by atoms with van der Waals surface area (Å²) in [5.41, 5.74) is 1.46. The zero-order valence-electron chi connectivity index (χ0n) is 14.4. The SMILES string of the molecule is CC(C)(C)OC(=O)Nc1ccc(CNCC2CCOCC2)cc1. The number of amides is 1. The Labute approximate surface area is 138 Å². The number of nitrogens with one attached hydrogen (secondary N) is 2. The Morgan fingerprint density at radius 3 is 2.48 bits per heavy atom. The lowest BCUT2D eigenvalue weighted by Gasteiger charge is -2.22. The van der Waals surface area contributed by atoms with E-state index in [1.807, 2.05) is 45.0 Å². The first-order valence-electron chi connectivity index (χ1n) is 8.30. The van der Waals surface area contributed by atoms with Gasteiger partial charge in [-0.3, -0.25) is 5.32 Å². The van der Waals surface area contributed by atoms with Crippen molar-refractivity contribution in [3.8, 4) is 0 Å². The maximum absolute atomic E-state index is 11.7. The first-order chi connectivity index (χ1) is 10.9. The van der Waals surface area contributed by atoms with Crippen molar-refractivity contribution in [3.05, 3.63) is 29.8 Å². The van der Waals surface area contributed by atoms with Crippen LogP contribution in [0, 0.1) is 5.92 Å². The molecule has 2 rings (SSSR count). The van der Waals surface area contributed by atoms with E-state index in [1.54, 1.807) is 0 Å². The molecule has 0 atom stereocenters. The summed E-state index contributed by atoms with van der Waals surface area (Å²) >= 11 is 0. The third-order valence-electron chi connectivity index (χ3n) is 3.70. The van der Waals surface area contributed by atoms with Gasteiger partial charge in [-0.1, -0.05) is 12.1 Å². The molecule has 2 N–H and O–H groups in total. The molecule has 128 valence electrons. The van der Waals surface area contributed by atoms with Crippen molar-refractivity contribution in [1.82, 2.24) is 5.32 Å². The van der Waals surface area contributed by atoms with E-state index in [9.17, 15) is 4.79 Å². The third kappa shape index (κ3) is 7.01. The maximum Gasteiger partial charge on any atom is 0.412 e. The largest absolute Gasteiger partial charge is 0.444 e. The molecule has 0 aliphatic carbocycles. The van der Waals surface area contributed by atoms with Gasteiger partial charge in [-0.15, -0.1) is 0 Å². The lowest BCUT2D eigenvalue weighted by atomic mass is 10.0. The Balaban J connectivity index is 1.72. The second kappa shape index (κ2) is 8.31. The predicted molar refractivity (Wildman–Crippen MR) is 91.5 cm³/mol. The smallest absolute Gasteiger partial charge is 0.412 e. The van der Waals surface area contributed by atoms with Crippen molar-refractivity contribution in [3.63, 3.8) is 0 Å². The molecule has 1 saturated heterocycles.